The van der Waals surface area contributed by atoms with Gasteiger partial charge >= 0.3 is 24.3 Å². The van der Waals surface area contributed by atoms with Crippen LogP contribution in [0.1, 0.15) is 13.8 Å². The lowest BCUT2D eigenvalue weighted by Gasteiger charge is -2.06. The van der Waals surface area contributed by atoms with Crippen molar-refractivity contribution in [1.29, 1.82) is 0 Å². The minimum absolute atomic E-state index is 0.799. The zero-order chi connectivity index (χ0) is 18.8. The summed E-state index contributed by atoms with van der Waals surface area (Å²) in [5.41, 5.74) is 6.21. The van der Waals surface area contributed by atoms with Crippen molar-refractivity contribution in [3.05, 3.63) is 28.7 Å². The van der Waals surface area contributed by atoms with E-state index in [1.807, 2.05) is 38.1 Å². The first-order valence-corrected chi connectivity index (χ1v) is 6.54. The van der Waals surface area contributed by atoms with E-state index in [2.05, 4.69) is 20.7 Å². The summed E-state index contributed by atoms with van der Waals surface area (Å²) in [6, 6.07) is 7.53. The van der Waals surface area contributed by atoms with Crippen molar-refractivity contribution >= 4 is 33.6 Å². The van der Waals surface area contributed by atoms with Crippen LogP contribution in [0.15, 0.2) is 28.7 Å². The maximum absolute atomic E-state index is 11.2. The smallest absolute Gasteiger partial charge is 0.399 e. The number of carbonyl (C=O) groups excluding carboxylic acids is 2. The van der Waals surface area contributed by atoms with E-state index < -0.39 is 24.3 Å². The molecule has 0 aliphatic carbocycles. The van der Waals surface area contributed by atoms with Crippen LogP contribution in [0, 0.1) is 0 Å². The van der Waals surface area contributed by atoms with Crippen molar-refractivity contribution in [3.8, 4) is 0 Å². The summed E-state index contributed by atoms with van der Waals surface area (Å²) in [5.74, 6) is -6.40. The highest BCUT2D eigenvalue weighted by Gasteiger charge is 2.49. The van der Waals surface area contributed by atoms with Gasteiger partial charge in [-0.3, -0.25) is 0 Å². The SMILES string of the molecule is CC.Nc1ccc(Br)cc1.O=C(OC(=O)C(F)(F)F)C(F)(F)F. The van der Waals surface area contributed by atoms with Gasteiger partial charge < -0.3 is 10.5 Å². The van der Waals surface area contributed by atoms with Crippen LogP contribution in [0.5, 0.6) is 0 Å². The second-order valence-corrected chi connectivity index (χ2v) is 4.14. The lowest BCUT2D eigenvalue weighted by atomic mass is 10.3. The average Bonchev–Trinajstić information content (AvgIpc) is 2.43. The van der Waals surface area contributed by atoms with E-state index in [0.29, 0.717) is 0 Å². The molecule has 0 unspecified atom stereocenters. The highest BCUT2D eigenvalue weighted by Crippen LogP contribution is 2.21. The monoisotopic (exact) mass is 411 g/mol. The molecule has 0 aromatic heterocycles. The highest BCUT2D eigenvalue weighted by atomic mass is 79.9. The molecule has 0 aliphatic heterocycles. The summed E-state index contributed by atoms with van der Waals surface area (Å²) >= 11 is 3.29. The molecule has 0 spiro atoms. The van der Waals surface area contributed by atoms with Crippen LogP contribution in [-0.4, -0.2) is 24.3 Å². The highest BCUT2D eigenvalue weighted by molar-refractivity contribution is 9.10. The normalized spacial score (nSPS) is 10.5. The maximum atomic E-state index is 11.2. The predicted molar refractivity (Wildman–Crippen MR) is 73.1 cm³/mol. The van der Waals surface area contributed by atoms with E-state index in [9.17, 15) is 35.9 Å². The Morgan fingerprint density at radius 3 is 1.43 bits per heavy atom. The number of esters is 2. The summed E-state index contributed by atoms with van der Waals surface area (Å²) in [4.78, 5) is 19.3. The van der Waals surface area contributed by atoms with Crippen LogP contribution < -0.4 is 5.73 Å². The molecule has 0 amide bonds. The lowest BCUT2D eigenvalue weighted by molar-refractivity contribution is -0.221. The molecule has 0 fully saturated rings. The molecule has 0 aliphatic rings. The van der Waals surface area contributed by atoms with E-state index in [0.717, 1.165) is 10.2 Å². The largest absolute Gasteiger partial charge is 0.491 e. The van der Waals surface area contributed by atoms with Gasteiger partial charge in [-0.1, -0.05) is 29.8 Å². The van der Waals surface area contributed by atoms with E-state index in [4.69, 9.17) is 5.73 Å². The summed E-state index contributed by atoms with van der Waals surface area (Å²) in [6.07, 6.45) is -11.2. The Labute approximate surface area is 135 Å². The lowest BCUT2D eigenvalue weighted by Crippen LogP contribution is -2.34. The first-order valence-electron chi connectivity index (χ1n) is 5.75. The number of benzene rings is 1. The molecule has 1 aromatic rings. The van der Waals surface area contributed by atoms with Gasteiger partial charge in [-0.2, -0.15) is 26.3 Å². The fourth-order valence-electron chi connectivity index (χ4n) is 0.663. The number of ether oxygens (including phenoxy) is 1. The minimum atomic E-state index is -5.62. The third-order valence-electron chi connectivity index (χ3n) is 1.52. The van der Waals surface area contributed by atoms with E-state index in [1.54, 1.807) is 0 Å². The number of hydrogen-bond acceptors (Lipinski definition) is 4. The molecule has 11 heteroatoms. The number of nitrogens with two attached hydrogens (primary N) is 1. The fraction of sp³-hybridized carbons (Fsp3) is 0.333. The third kappa shape index (κ3) is 11.4. The molecule has 4 nitrogen and oxygen atoms in total. The number of nitrogen functional groups attached to an aromatic ring is 1. The number of halogens is 7. The van der Waals surface area contributed by atoms with Gasteiger partial charge in [0.05, 0.1) is 0 Å². The van der Waals surface area contributed by atoms with E-state index >= 15 is 0 Å². The summed E-state index contributed by atoms with van der Waals surface area (Å²) in [7, 11) is 0. The zero-order valence-corrected chi connectivity index (χ0v) is 13.3. The quantitative estimate of drug-likeness (QED) is 0.300. The topological polar surface area (TPSA) is 69.4 Å². The Morgan fingerprint density at radius 1 is 0.913 bits per heavy atom. The van der Waals surface area contributed by atoms with Crippen molar-refractivity contribution in [3.63, 3.8) is 0 Å². The molecule has 0 saturated heterocycles. The number of hydrogen-bond donors (Lipinski definition) is 1. The molecule has 0 heterocycles. The molecule has 2 N–H and O–H groups in total. The second kappa shape index (κ2) is 10.1. The van der Waals surface area contributed by atoms with Crippen LogP contribution in [0.2, 0.25) is 0 Å². The number of alkyl halides is 6. The molecule has 1 rings (SSSR count). The Kier molecular flexibility index (Phi) is 10.3. The summed E-state index contributed by atoms with van der Waals surface area (Å²) < 4.78 is 70.7. The van der Waals surface area contributed by atoms with Crippen molar-refractivity contribution in [2.75, 3.05) is 5.73 Å². The van der Waals surface area contributed by atoms with Gasteiger partial charge in [0.15, 0.2) is 0 Å². The van der Waals surface area contributed by atoms with E-state index in [1.165, 1.54) is 0 Å². The number of carbonyl (C=O) groups is 2. The van der Waals surface area contributed by atoms with Gasteiger partial charge in [0.25, 0.3) is 0 Å². The standard InChI is InChI=1S/C6H6BrN.C4F6O3.C2H6/c7-5-1-3-6(8)4-2-5;5-3(6,7)1(11)13-2(12)4(8,9)10;1-2/h1-4H,8H2;;1-2H3. The molecule has 0 radical (unpaired) electrons. The van der Waals surface area contributed by atoms with Crippen LogP contribution in [0.4, 0.5) is 32.0 Å². The first-order chi connectivity index (χ1) is 10.3. The van der Waals surface area contributed by atoms with Crippen molar-refractivity contribution in [2.45, 2.75) is 26.2 Å². The Morgan fingerprint density at radius 2 is 1.22 bits per heavy atom. The van der Waals surface area contributed by atoms with Gasteiger partial charge in [0.1, 0.15) is 0 Å². The molecule has 23 heavy (non-hydrogen) atoms. The number of rotatable bonds is 0. The predicted octanol–water partition coefficient (Wildman–Crippen LogP) is 4.24. The van der Waals surface area contributed by atoms with Crippen LogP contribution in [0.3, 0.4) is 0 Å². The third-order valence-corrected chi connectivity index (χ3v) is 2.05. The van der Waals surface area contributed by atoms with Crippen molar-refractivity contribution in [2.24, 2.45) is 0 Å². The van der Waals surface area contributed by atoms with Gasteiger partial charge in [0, 0.05) is 10.2 Å². The van der Waals surface area contributed by atoms with Crippen LogP contribution in [-0.2, 0) is 14.3 Å². The average molecular weight is 412 g/mol. The van der Waals surface area contributed by atoms with Crippen molar-refractivity contribution in [1.82, 2.24) is 0 Å². The Balaban J connectivity index is 0. The first kappa shape index (κ1) is 23.5. The molecule has 0 saturated carbocycles. The van der Waals surface area contributed by atoms with Crippen molar-refractivity contribution < 1.29 is 40.7 Å². The van der Waals surface area contributed by atoms with Gasteiger partial charge in [-0.05, 0) is 24.3 Å². The molecule has 132 valence electrons. The molecular formula is C12H12BrF6NO3. The minimum Gasteiger partial charge on any atom is -0.399 e. The van der Waals surface area contributed by atoms with Crippen LogP contribution >= 0.6 is 15.9 Å². The summed E-state index contributed by atoms with van der Waals surface area (Å²) in [6.45, 7) is 4.00. The maximum Gasteiger partial charge on any atom is 0.491 e. The summed E-state index contributed by atoms with van der Waals surface area (Å²) in [5, 5.41) is 0. The molecule has 1 aromatic carbocycles. The second-order valence-electron chi connectivity index (χ2n) is 3.22. The zero-order valence-electron chi connectivity index (χ0n) is 11.8. The Bertz CT molecular complexity index is 454. The molecule has 0 bridgehead atoms. The molecular weight excluding hydrogens is 400 g/mol. The molecule has 0 atom stereocenters. The van der Waals surface area contributed by atoms with Gasteiger partial charge in [-0.15, -0.1) is 0 Å². The van der Waals surface area contributed by atoms with E-state index in [-0.39, 0.29) is 0 Å². The fourth-order valence-corrected chi connectivity index (χ4v) is 0.927. The Hall–Kier alpha value is -1.78. The van der Waals surface area contributed by atoms with Gasteiger partial charge in [-0.25, -0.2) is 9.59 Å². The van der Waals surface area contributed by atoms with Gasteiger partial charge in [0.2, 0.25) is 0 Å². The number of anilines is 1. The van der Waals surface area contributed by atoms with Crippen LogP contribution in [0.25, 0.3) is 0 Å².